The molecule has 1 aromatic heterocycles. The molecule has 1 N–H and O–H groups in total. The number of aliphatic carboxylic acids is 1. The van der Waals surface area contributed by atoms with E-state index in [0.717, 1.165) is 0 Å². The van der Waals surface area contributed by atoms with Crippen LogP contribution < -0.4 is 4.90 Å². The molecule has 1 aromatic carbocycles. The van der Waals surface area contributed by atoms with Crippen LogP contribution >= 0.6 is 11.6 Å². The Balaban J connectivity index is 2.41. The number of carbonyl (C=O) groups excluding carboxylic acids is 1. The highest BCUT2D eigenvalue weighted by molar-refractivity contribution is 6.34. The van der Waals surface area contributed by atoms with E-state index < -0.39 is 17.3 Å². The molecule has 0 spiro atoms. The number of amides is 1. The van der Waals surface area contributed by atoms with Gasteiger partial charge in [0.05, 0.1) is 5.52 Å². The number of aromatic nitrogens is 2. The number of carbonyl (C=O) groups is 2. The SMILES string of the molecule is Cc1nc(Cl)c2cc3c(cc2n1)C(C)(C(=O)O)C(=O)N3C. The van der Waals surface area contributed by atoms with Gasteiger partial charge in [-0.05, 0) is 26.0 Å². The first-order valence-electron chi connectivity index (χ1n) is 6.26. The minimum absolute atomic E-state index is 0.282. The van der Waals surface area contributed by atoms with Crippen LogP contribution in [0, 0.1) is 6.92 Å². The lowest BCUT2D eigenvalue weighted by molar-refractivity contribution is -0.147. The molecule has 1 aliphatic rings. The predicted molar refractivity (Wildman–Crippen MR) is 77.7 cm³/mol. The summed E-state index contributed by atoms with van der Waals surface area (Å²) < 4.78 is 0. The van der Waals surface area contributed by atoms with Crippen LogP contribution in [0.15, 0.2) is 12.1 Å². The number of fused-ring (bicyclic) bond motifs is 2. The second kappa shape index (κ2) is 4.14. The number of aryl methyl sites for hydroxylation is 1. The lowest BCUT2D eigenvalue weighted by atomic mass is 9.83. The standard InChI is InChI=1S/C14H12ClN3O3/c1-6-16-9-5-8-10(4-7(9)11(15)17-6)18(3)12(19)14(8,2)13(20)21/h4-5H,1-3H3,(H,20,21). The molecular weight excluding hydrogens is 294 g/mol. The van der Waals surface area contributed by atoms with Crippen LogP contribution in [0.1, 0.15) is 18.3 Å². The molecular formula is C14H12ClN3O3. The van der Waals surface area contributed by atoms with Gasteiger partial charge in [0.2, 0.25) is 5.91 Å². The highest BCUT2D eigenvalue weighted by atomic mass is 35.5. The number of nitrogens with zero attached hydrogens (tertiary/aromatic N) is 3. The zero-order chi connectivity index (χ0) is 15.5. The van der Waals surface area contributed by atoms with E-state index in [1.165, 1.54) is 11.8 Å². The molecule has 1 atom stereocenters. The summed E-state index contributed by atoms with van der Waals surface area (Å²) in [7, 11) is 1.55. The Kier molecular flexibility index (Phi) is 2.71. The van der Waals surface area contributed by atoms with E-state index in [0.29, 0.717) is 28.0 Å². The minimum Gasteiger partial charge on any atom is -0.480 e. The summed E-state index contributed by atoms with van der Waals surface area (Å²) in [6, 6.07) is 3.28. The molecule has 2 aromatic rings. The quantitative estimate of drug-likeness (QED) is 0.643. The third-order valence-corrected chi connectivity index (χ3v) is 4.23. The molecule has 0 fully saturated rings. The molecule has 0 radical (unpaired) electrons. The van der Waals surface area contributed by atoms with Crippen LogP contribution in [0.2, 0.25) is 5.15 Å². The van der Waals surface area contributed by atoms with Crippen LogP contribution in [0.3, 0.4) is 0 Å². The summed E-state index contributed by atoms with van der Waals surface area (Å²) in [6.07, 6.45) is 0. The fraction of sp³-hybridized carbons (Fsp3) is 0.286. The number of anilines is 1. The fourth-order valence-electron chi connectivity index (χ4n) is 2.68. The summed E-state index contributed by atoms with van der Waals surface area (Å²) in [4.78, 5) is 33.6. The van der Waals surface area contributed by atoms with Crippen LogP contribution in [0.5, 0.6) is 0 Å². The molecule has 0 bridgehead atoms. The zero-order valence-corrected chi connectivity index (χ0v) is 12.4. The molecule has 0 saturated heterocycles. The Morgan fingerprint density at radius 2 is 2.05 bits per heavy atom. The Morgan fingerprint density at radius 1 is 1.38 bits per heavy atom. The van der Waals surface area contributed by atoms with E-state index in [9.17, 15) is 14.7 Å². The van der Waals surface area contributed by atoms with E-state index in [-0.39, 0.29) is 5.15 Å². The van der Waals surface area contributed by atoms with Crippen LogP contribution in [-0.4, -0.2) is 34.0 Å². The van der Waals surface area contributed by atoms with Gasteiger partial charge in [-0.1, -0.05) is 11.6 Å². The van der Waals surface area contributed by atoms with Gasteiger partial charge in [-0.25, -0.2) is 9.97 Å². The normalized spacial score (nSPS) is 21.0. The minimum atomic E-state index is -1.61. The maximum Gasteiger partial charge on any atom is 0.323 e. The summed E-state index contributed by atoms with van der Waals surface area (Å²) in [6.45, 7) is 3.10. The summed E-state index contributed by atoms with van der Waals surface area (Å²) >= 11 is 6.11. The Labute approximate surface area is 125 Å². The third-order valence-electron chi connectivity index (χ3n) is 3.94. The van der Waals surface area contributed by atoms with Crippen LogP contribution in [0.4, 0.5) is 5.69 Å². The smallest absolute Gasteiger partial charge is 0.323 e. The molecule has 6 nitrogen and oxygen atoms in total. The average Bonchev–Trinajstić information content (AvgIpc) is 2.60. The number of hydrogen-bond acceptors (Lipinski definition) is 4. The summed E-state index contributed by atoms with van der Waals surface area (Å²) in [5, 5.41) is 10.4. The number of hydrogen-bond donors (Lipinski definition) is 1. The lowest BCUT2D eigenvalue weighted by Gasteiger charge is -2.17. The molecule has 1 unspecified atom stereocenters. The molecule has 0 saturated carbocycles. The molecule has 3 rings (SSSR count). The van der Waals surface area contributed by atoms with E-state index in [2.05, 4.69) is 9.97 Å². The monoisotopic (exact) mass is 305 g/mol. The molecule has 1 amide bonds. The first-order valence-corrected chi connectivity index (χ1v) is 6.64. The number of carboxylic acids is 1. The summed E-state index contributed by atoms with van der Waals surface area (Å²) in [5.74, 6) is -1.18. The Morgan fingerprint density at radius 3 is 2.67 bits per heavy atom. The van der Waals surface area contributed by atoms with Crippen molar-refractivity contribution in [2.45, 2.75) is 19.3 Å². The van der Waals surface area contributed by atoms with Crippen molar-refractivity contribution in [1.82, 2.24) is 9.97 Å². The van der Waals surface area contributed by atoms with Crippen molar-refractivity contribution >= 4 is 40.1 Å². The predicted octanol–water partition coefficient (Wildman–Crippen LogP) is 1.91. The average molecular weight is 306 g/mol. The number of halogens is 1. The van der Waals surface area contributed by atoms with Crippen molar-refractivity contribution in [3.63, 3.8) is 0 Å². The fourth-order valence-corrected chi connectivity index (χ4v) is 2.95. The number of carboxylic acid groups (broad SMARTS) is 1. The van der Waals surface area contributed by atoms with E-state index in [4.69, 9.17) is 11.6 Å². The van der Waals surface area contributed by atoms with Gasteiger partial charge < -0.3 is 10.0 Å². The Hall–Kier alpha value is -2.21. The lowest BCUT2D eigenvalue weighted by Crippen LogP contribution is -2.42. The van der Waals surface area contributed by atoms with Crippen LogP contribution in [-0.2, 0) is 15.0 Å². The molecule has 108 valence electrons. The van der Waals surface area contributed by atoms with Gasteiger partial charge in [0.1, 0.15) is 11.0 Å². The first-order chi connectivity index (χ1) is 9.76. The van der Waals surface area contributed by atoms with Gasteiger partial charge >= 0.3 is 5.97 Å². The van der Waals surface area contributed by atoms with Crippen LogP contribution in [0.25, 0.3) is 10.9 Å². The molecule has 0 aliphatic carbocycles. The second-order valence-electron chi connectivity index (χ2n) is 5.24. The van der Waals surface area contributed by atoms with Gasteiger partial charge in [-0.3, -0.25) is 9.59 Å². The highest BCUT2D eigenvalue weighted by Gasteiger charge is 2.52. The number of likely N-dealkylation sites (N-methyl/N-ethyl adjacent to an activating group) is 1. The summed E-state index contributed by atoms with van der Waals surface area (Å²) in [5.41, 5.74) is -0.137. The largest absolute Gasteiger partial charge is 0.480 e. The second-order valence-corrected chi connectivity index (χ2v) is 5.60. The van der Waals surface area contributed by atoms with Crippen molar-refractivity contribution in [1.29, 1.82) is 0 Å². The maximum absolute atomic E-state index is 12.3. The molecule has 2 heterocycles. The van der Waals surface area contributed by atoms with Crippen molar-refractivity contribution in [3.8, 4) is 0 Å². The topological polar surface area (TPSA) is 83.4 Å². The van der Waals surface area contributed by atoms with E-state index in [1.807, 2.05) is 0 Å². The zero-order valence-electron chi connectivity index (χ0n) is 11.6. The maximum atomic E-state index is 12.3. The highest BCUT2D eigenvalue weighted by Crippen LogP contribution is 2.43. The van der Waals surface area contributed by atoms with Crippen molar-refractivity contribution in [2.75, 3.05) is 11.9 Å². The van der Waals surface area contributed by atoms with Crippen molar-refractivity contribution in [2.24, 2.45) is 0 Å². The van der Waals surface area contributed by atoms with Gasteiger partial charge in [-0.15, -0.1) is 0 Å². The van der Waals surface area contributed by atoms with Crippen molar-refractivity contribution < 1.29 is 14.7 Å². The van der Waals surface area contributed by atoms with Gasteiger partial charge in [0.25, 0.3) is 0 Å². The number of rotatable bonds is 1. The Bertz CT molecular complexity index is 821. The van der Waals surface area contributed by atoms with Crippen molar-refractivity contribution in [3.05, 3.63) is 28.7 Å². The first kappa shape index (κ1) is 13.8. The number of benzene rings is 1. The van der Waals surface area contributed by atoms with Gasteiger partial charge in [0.15, 0.2) is 5.41 Å². The van der Waals surface area contributed by atoms with E-state index >= 15 is 0 Å². The molecule has 21 heavy (non-hydrogen) atoms. The molecule has 7 heteroatoms. The molecule has 1 aliphatic heterocycles. The van der Waals surface area contributed by atoms with Gasteiger partial charge in [0, 0.05) is 23.7 Å². The van der Waals surface area contributed by atoms with Gasteiger partial charge in [-0.2, -0.15) is 0 Å². The third kappa shape index (κ3) is 1.65. The van der Waals surface area contributed by atoms with E-state index in [1.54, 1.807) is 26.1 Å².